The maximum absolute atomic E-state index is 12.3. The average Bonchev–Trinajstić information content (AvgIpc) is 2.80. The molecule has 1 aromatic rings. The standard InChI is InChI=1S/C19H28N2O4/c1-12(2)9-16-18(23)21(19(24)20-16)10-14(22)11-25-17-8-6-5-7-15(17)13(3)4/h5-8,12-14,16,22H,9-11H2,1-4H3,(H,20,24)/t14-,16-/m1/s1. The number of hydrogen-bond acceptors (Lipinski definition) is 4. The first-order chi connectivity index (χ1) is 11.8. The Morgan fingerprint density at radius 1 is 1.20 bits per heavy atom. The smallest absolute Gasteiger partial charge is 0.324 e. The largest absolute Gasteiger partial charge is 0.491 e. The van der Waals surface area contributed by atoms with Crippen LogP contribution in [0.25, 0.3) is 0 Å². The van der Waals surface area contributed by atoms with E-state index in [1.54, 1.807) is 0 Å². The predicted molar refractivity (Wildman–Crippen MR) is 95.5 cm³/mol. The van der Waals surface area contributed by atoms with E-state index in [9.17, 15) is 14.7 Å². The molecule has 1 aliphatic rings. The van der Waals surface area contributed by atoms with E-state index in [0.717, 1.165) is 10.5 Å². The molecule has 1 aliphatic heterocycles. The fraction of sp³-hybridized carbons (Fsp3) is 0.579. The normalized spacial score (nSPS) is 18.8. The number of urea groups is 1. The Hall–Kier alpha value is -2.08. The number of hydrogen-bond donors (Lipinski definition) is 2. The van der Waals surface area contributed by atoms with Crippen molar-refractivity contribution < 1.29 is 19.4 Å². The van der Waals surface area contributed by atoms with E-state index in [1.807, 2.05) is 38.1 Å². The van der Waals surface area contributed by atoms with E-state index < -0.39 is 18.2 Å². The molecule has 0 radical (unpaired) electrons. The molecule has 25 heavy (non-hydrogen) atoms. The molecule has 0 aliphatic carbocycles. The van der Waals surface area contributed by atoms with Gasteiger partial charge in [-0.3, -0.25) is 9.69 Å². The lowest BCUT2D eigenvalue weighted by Gasteiger charge is -2.20. The summed E-state index contributed by atoms with van der Waals surface area (Å²) >= 11 is 0. The van der Waals surface area contributed by atoms with Crippen molar-refractivity contribution in [1.29, 1.82) is 0 Å². The second-order valence-corrected chi connectivity index (χ2v) is 7.24. The van der Waals surface area contributed by atoms with Crippen LogP contribution in [0.1, 0.15) is 45.6 Å². The summed E-state index contributed by atoms with van der Waals surface area (Å²) in [5, 5.41) is 12.9. The van der Waals surface area contributed by atoms with Crippen molar-refractivity contribution in [3.63, 3.8) is 0 Å². The van der Waals surface area contributed by atoms with Crippen LogP contribution in [0.2, 0.25) is 0 Å². The Morgan fingerprint density at radius 2 is 1.88 bits per heavy atom. The molecule has 0 unspecified atom stereocenters. The van der Waals surface area contributed by atoms with Crippen LogP contribution in [-0.4, -0.2) is 47.2 Å². The topological polar surface area (TPSA) is 78.9 Å². The van der Waals surface area contributed by atoms with Crippen LogP contribution < -0.4 is 10.1 Å². The number of aliphatic hydroxyl groups is 1. The molecule has 0 aromatic heterocycles. The first-order valence-electron chi connectivity index (χ1n) is 8.81. The van der Waals surface area contributed by atoms with Gasteiger partial charge in [-0.25, -0.2) is 4.79 Å². The quantitative estimate of drug-likeness (QED) is 0.708. The second kappa shape index (κ2) is 8.34. The minimum absolute atomic E-state index is 0.0235. The number of para-hydroxylation sites is 1. The molecule has 2 N–H and O–H groups in total. The maximum atomic E-state index is 12.3. The average molecular weight is 348 g/mol. The molecule has 2 atom stereocenters. The summed E-state index contributed by atoms with van der Waals surface area (Å²) in [6, 6.07) is 6.72. The zero-order valence-electron chi connectivity index (χ0n) is 15.4. The van der Waals surface area contributed by atoms with Crippen molar-refractivity contribution in [2.45, 2.75) is 52.2 Å². The van der Waals surface area contributed by atoms with E-state index in [2.05, 4.69) is 19.2 Å². The third kappa shape index (κ3) is 4.95. The van der Waals surface area contributed by atoms with Crippen LogP contribution in [0.3, 0.4) is 0 Å². The van der Waals surface area contributed by atoms with Crippen molar-refractivity contribution in [1.82, 2.24) is 10.2 Å². The highest BCUT2D eigenvalue weighted by Crippen LogP contribution is 2.26. The molecule has 1 saturated heterocycles. The Labute approximate surface area is 149 Å². The van der Waals surface area contributed by atoms with Gasteiger partial charge >= 0.3 is 6.03 Å². The number of carbonyl (C=O) groups is 2. The molecule has 138 valence electrons. The number of aliphatic hydroxyl groups excluding tert-OH is 1. The Morgan fingerprint density at radius 3 is 2.52 bits per heavy atom. The first-order valence-corrected chi connectivity index (χ1v) is 8.81. The number of β-amino-alcohol motifs (C(OH)–C–C–N with tert-alkyl or cyclic N) is 1. The van der Waals surface area contributed by atoms with Gasteiger partial charge in [0.25, 0.3) is 5.91 Å². The Kier molecular flexibility index (Phi) is 6.42. The molecule has 3 amide bonds. The molecule has 6 heteroatoms. The number of benzene rings is 1. The van der Waals surface area contributed by atoms with Crippen molar-refractivity contribution in [3.8, 4) is 5.75 Å². The van der Waals surface area contributed by atoms with Gasteiger partial charge in [0.2, 0.25) is 0 Å². The number of rotatable bonds is 8. The summed E-state index contributed by atoms with van der Waals surface area (Å²) in [5.74, 6) is 1.04. The van der Waals surface area contributed by atoms with Gasteiger partial charge in [-0.15, -0.1) is 0 Å². The fourth-order valence-corrected chi connectivity index (χ4v) is 2.92. The Balaban J connectivity index is 1.91. The number of imide groups is 1. The molecule has 0 bridgehead atoms. The zero-order valence-corrected chi connectivity index (χ0v) is 15.4. The van der Waals surface area contributed by atoms with Crippen molar-refractivity contribution in [3.05, 3.63) is 29.8 Å². The molecular weight excluding hydrogens is 320 g/mol. The molecule has 0 saturated carbocycles. The van der Waals surface area contributed by atoms with Crippen LogP contribution in [0.5, 0.6) is 5.75 Å². The molecule has 1 aromatic carbocycles. The molecule has 6 nitrogen and oxygen atoms in total. The number of carbonyl (C=O) groups excluding carboxylic acids is 2. The molecule has 2 rings (SSSR count). The Bertz CT molecular complexity index is 615. The van der Waals surface area contributed by atoms with Gasteiger partial charge in [-0.1, -0.05) is 45.9 Å². The summed E-state index contributed by atoms with van der Waals surface area (Å²) in [6.45, 7) is 8.09. The van der Waals surface area contributed by atoms with Crippen LogP contribution in [0.15, 0.2) is 24.3 Å². The lowest BCUT2D eigenvalue weighted by atomic mass is 10.0. The third-order valence-corrected chi connectivity index (χ3v) is 4.18. The number of amides is 3. The lowest BCUT2D eigenvalue weighted by Crippen LogP contribution is -2.40. The van der Waals surface area contributed by atoms with Gasteiger partial charge in [0.1, 0.15) is 24.5 Å². The van der Waals surface area contributed by atoms with Gasteiger partial charge < -0.3 is 15.2 Å². The summed E-state index contributed by atoms with van der Waals surface area (Å²) in [4.78, 5) is 25.3. The SMILES string of the molecule is CC(C)C[C@H]1NC(=O)N(C[C@@H](O)COc2ccccc2C(C)C)C1=O. The summed E-state index contributed by atoms with van der Waals surface area (Å²) in [5.41, 5.74) is 1.06. The minimum atomic E-state index is -0.937. The van der Waals surface area contributed by atoms with Gasteiger partial charge in [-0.2, -0.15) is 0 Å². The highest BCUT2D eigenvalue weighted by Gasteiger charge is 2.38. The van der Waals surface area contributed by atoms with Crippen molar-refractivity contribution in [2.75, 3.05) is 13.2 Å². The van der Waals surface area contributed by atoms with E-state index >= 15 is 0 Å². The van der Waals surface area contributed by atoms with E-state index in [-0.39, 0.29) is 19.1 Å². The first kappa shape index (κ1) is 19.2. The van der Waals surface area contributed by atoms with Gasteiger partial charge in [-0.05, 0) is 29.9 Å². The molecule has 1 heterocycles. The van der Waals surface area contributed by atoms with E-state index in [0.29, 0.717) is 24.0 Å². The highest BCUT2D eigenvalue weighted by molar-refractivity contribution is 6.04. The lowest BCUT2D eigenvalue weighted by molar-refractivity contribution is -0.128. The second-order valence-electron chi connectivity index (χ2n) is 7.24. The van der Waals surface area contributed by atoms with Crippen LogP contribution >= 0.6 is 0 Å². The van der Waals surface area contributed by atoms with Crippen LogP contribution in [0.4, 0.5) is 4.79 Å². The molecule has 1 fully saturated rings. The highest BCUT2D eigenvalue weighted by atomic mass is 16.5. The summed E-state index contributed by atoms with van der Waals surface area (Å²) in [7, 11) is 0. The summed E-state index contributed by atoms with van der Waals surface area (Å²) in [6.07, 6.45) is -0.345. The van der Waals surface area contributed by atoms with Gasteiger partial charge in [0.15, 0.2) is 0 Å². The monoisotopic (exact) mass is 348 g/mol. The van der Waals surface area contributed by atoms with E-state index in [4.69, 9.17) is 4.74 Å². The zero-order chi connectivity index (χ0) is 18.6. The number of nitrogens with one attached hydrogen (secondary N) is 1. The fourth-order valence-electron chi connectivity index (χ4n) is 2.92. The van der Waals surface area contributed by atoms with E-state index in [1.165, 1.54) is 0 Å². The predicted octanol–water partition coefficient (Wildman–Crippen LogP) is 2.52. The number of nitrogens with zero attached hydrogens (tertiary/aromatic N) is 1. The summed E-state index contributed by atoms with van der Waals surface area (Å²) < 4.78 is 5.71. The van der Waals surface area contributed by atoms with Crippen LogP contribution in [-0.2, 0) is 4.79 Å². The maximum Gasteiger partial charge on any atom is 0.324 e. The molecule has 0 spiro atoms. The third-order valence-electron chi connectivity index (χ3n) is 4.18. The van der Waals surface area contributed by atoms with Crippen molar-refractivity contribution in [2.24, 2.45) is 5.92 Å². The van der Waals surface area contributed by atoms with Crippen molar-refractivity contribution >= 4 is 11.9 Å². The van der Waals surface area contributed by atoms with Gasteiger partial charge in [0, 0.05) is 0 Å². The minimum Gasteiger partial charge on any atom is -0.491 e. The molecular formula is C19H28N2O4. The number of ether oxygens (including phenoxy) is 1. The van der Waals surface area contributed by atoms with Crippen LogP contribution in [0, 0.1) is 5.92 Å². The van der Waals surface area contributed by atoms with Gasteiger partial charge in [0.05, 0.1) is 6.54 Å².